The second-order valence-corrected chi connectivity index (χ2v) is 10.8. The summed E-state index contributed by atoms with van der Waals surface area (Å²) in [4.78, 5) is 19.0. The first-order chi connectivity index (χ1) is 17.1. The Labute approximate surface area is 211 Å². The van der Waals surface area contributed by atoms with Gasteiger partial charge < -0.3 is 10.0 Å². The first-order valence-corrected chi connectivity index (χ1v) is 12.5. The van der Waals surface area contributed by atoms with Crippen molar-refractivity contribution in [1.82, 2.24) is 9.38 Å². The molecule has 1 N–H and O–H groups in total. The molecule has 5 nitrogen and oxygen atoms in total. The smallest absolute Gasteiger partial charge is 0.307 e. The molecule has 0 amide bonds. The highest BCUT2D eigenvalue weighted by molar-refractivity contribution is 5.77. The third-order valence-electron chi connectivity index (χ3n) is 7.39. The summed E-state index contributed by atoms with van der Waals surface area (Å²) < 4.78 is 16.7. The van der Waals surface area contributed by atoms with E-state index in [0.717, 1.165) is 70.9 Å². The summed E-state index contributed by atoms with van der Waals surface area (Å²) in [7, 11) is 0. The van der Waals surface area contributed by atoms with E-state index in [9.17, 15) is 14.3 Å². The van der Waals surface area contributed by atoms with Crippen LogP contribution in [0.15, 0.2) is 54.7 Å². The molecule has 0 atom stereocenters. The van der Waals surface area contributed by atoms with Gasteiger partial charge in [-0.15, -0.1) is 0 Å². The lowest BCUT2D eigenvalue weighted by Gasteiger charge is -2.39. The van der Waals surface area contributed by atoms with Crippen LogP contribution in [0.1, 0.15) is 43.4 Å². The van der Waals surface area contributed by atoms with Crippen molar-refractivity contribution in [1.29, 1.82) is 0 Å². The zero-order valence-corrected chi connectivity index (χ0v) is 21.3. The van der Waals surface area contributed by atoms with Crippen LogP contribution in [0, 0.1) is 25.1 Å². The van der Waals surface area contributed by atoms with Gasteiger partial charge in [-0.2, -0.15) is 0 Å². The van der Waals surface area contributed by atoms with Gasteiger partial charge in [0.25, 0.3) is 0 Å². The van der Waals surface area contributed by atoms with E-state index in [-0.39, 0.29) is 17.7 Å². The normalized spacial score (nSPS) is 15.4. The van der Waals surface area contributed by atoms with Gasteiger partial charge >= 0.3 is 5.97 Å². The number of benzene rings is 2. The molecule has 0 bridgehead atoms. The second kappa shape index (κ2) is 9.08. The summed E-state index contributed by atoms with van der Waals surface area (Å²) in [6.07, 6.45) is 4.04. The van der Waals surface area contributed by atoms with E-state index in [4.69, 9.17) is 4.98 Å². The minimum atomic E-state index is -0.843. The summed E-state index contributed by atoms with van der Waals surface area (Å²) in [5, 5.41) is 9.66. The van der Waals surface area contributed by atoms with Crippen molar-refractivity contribution in [3.63, 3.8) is 0 Å². The van der Waals surface area contributed by atoms with Crippen LogP contribution in [-0.2, 0) is 11.2 Å². The van der Waals surface area contributed by atoms with Gasteiger partial charge in [-0.1, -0.05) is 44.2 Å². The predicted octanol–water partition coefficient (Wildman–Crippen LogP) is 6.68. The molecule has 0 spiro atoms. The fourth-order valence-corrected chi connectivity index (χ4v) is 5.14. The maximum absolute atomic E-state index is 14.7. The van der Waals surface area contributed by atoms with Gasteiger partial charge in [0, 0.05) is 36.0 Å². The SMILES string of the molecule is Cc1ccc(-c2cccc(-c3cn4c(N5CCC(C)(C)CC5)c(CC(=O)O)c(C)cc4n3)c2)c(F)c1. The Morgan fingerprint density at radius 2 is 1.78 bits per heavy atom. The average molecular weight is 486 g/mol. The van der Waals surface area contributed by atoms with Gasteiger partial charge in [-0.05, 0) is 67.0 Å². The maximum atomic E-state index is 14.7. The number of aliphatic carboxylic acids is 1. The Bertz CT molecular complexity index is 1460. The van der Waals surface area contributed by atoms with Crippen LogP contribution in [0.2, 0.25) is 0 Å². The quantitative estimate of drug-likeness (QED) is 0.343. The zero-order chi connectivity index (χ0) is 25.6. The number of rotatable bonds is 5. The van der Waals surface area contributed by atoms with Gasteiger partial charge in [0.05, 0.1) is 12.1 Å². The minimum absolute atomic E-state index is 0.0350. The molecular formula is C30H32FN3O2. The van der Waals surface area contributed by atoms with E-state index in [0.29, 0.717) is 5.56 Å². The van der Waals surface area contributed by atoms with Gasteiger partial charge in [-0.3, -0.25) is 9.20 Å². The number of aromatic nitrogens is 2. The summed E-state index contributed by atoms with van der Waals surface area (Å²) in [5.74, 6) is -0.169. The highest BCUT2D eigenvalue weighted by Crippen LogP contribution is 2.36. The molecule has 5 rings (SSSR count). The van der Waals surface area contributed by atoms with Crippen molar-refractivity contribution >= 4 is 17.4 Å². The fourth-order valence-electron chi connectivity index (χ4n) is 5.14. The first kappa shape index (κ1) is 24.0. The van der Waals surface area contributed by atoms with Gasteiger partial charge in [0.15, 0.2) is 0 Å². The van der Waals surface area contributed by atoms with E-state index >= 15 is 0 Å². The second-order valence-electron chi connectivity index (χ2n) is 10.8. The monoisotopic (exact) mass is 485 g/mol. The van der Waals surface area contributed by atoms with E-state index in [1.165, 1.54) is 0 Å². The highest BCUT2D eigenvalue weighted by Gasteiger charge is 2.29. The molecule has 3 heterocycles. The van der Waals surface area contributed by atoms with Gasteiger partial charge in [0.1, 0.15) is 17.3 Å². The molecule has 186 valence electrons. The lowest BCUT2D eigenvalue weighted by atomic mass is 9.82. The highest BCUT2D eigenvalue weighted by atomic mass is 19.1. The summed E-state index contributed by atoms with van der Waals surface area (Å²) in [6.45, 7) is 10.1. The van der Waals surface area contributed by atoms with E-state index < -0.39 is 5.97 Å². The number of pyridine rings is 1. The van der Waals surface area contributed by atoms with Gasteiger partial charge in [-0.25, -0.2) is 9.37 Å². The number of imidazole rings is 1. The third kappa shape index (κ3) is 4.60. The Kier molecular flexibility index (Phi) is 6.07. The third-order valence-corrected chi connectivity index (χ3v) is 7.39. The molecule has 1 saturated heterocycles. The number of carboxylic acid groups (broad SMARTS) is 1. The van der Waals surface area contributed by atoms with Crippen molar-refractivity contribution in [2.75, 3.05) is 18.0 Å². The standard InChI is InChI=1S/C30H32FN3O2/c1-19-8-9-23(25(31)14-19)21-6-5-7-22(16-21)26-18-34-27(32-26)15-20(2)24(17-28(35)36)29(34)33-12-10-30(3,4)11-13-33/h5-9,14-16,18H,10-13,17H2,1-4H3,(H,35,36). The molecule has 2 aromatic heterocycles. The number of anilines is 1. The topological polar surface area (TPSA) is 57.8 Å². The lowest BCUT2D eigenvalue weighted by molar-refractivity contribution is -0.136. The predicted molar refractivity (Wildman–Crippen MR) is 142 cm³/mol. The van der Waals surface area contributed by atoms with E-state index in [2.05, 4.69) is 18.7 Å². The fraction of sp³-hybridized carbons (Fsp3) is 0.333. The number of piperidine rings is 1. The molecule has 4 aromatic rings. The molecule has 0 unspecified atom stereocenters. The van der Waals surface area contributed by atoms with Gasteiger partial charge in [0.2, 0.25) is 0 Å². The van der Waals surface area contributed by atoms with Crippen molar-refractivity contribution in [3.05, 3.63) is 77.2 Å². The summed E-state index contributed by atoms with van der Waals surface area (Å²) >= 11 is 0. The van der Waals surface area contributed by atoms with Crippen LogP contribution in [-0.4, -0.2) is 33.6 Å². The Morgan fingerprint density at radius 3 is 2.47 bits per heavy atom. The Hall–Kier alpha value is -3.67. The van der Waals surface area contributed by atoms with Crippen LogP contribution in [0.4, 0.5) is 10.2 Å². The van der Waals surface area contributed by atoms with Crippen molar-refractivity contribution in [2.45, 2.75) is 47.0 Å². The number of hydrogen-bond donors (Lipinski definition) is 1. The maximum Gasteiger partial charge on any atom is 0.307 e. The number of nitrogens with zero attached hydrogens (tertiary/aromatic N) is 3. The molecule has 6 heteroatoms. The Balaban J connectivity index is 1.62. The van der Waals surface area contributed by atoms with E-state index in [1.807, 2.05) is 66.9 Å². The number of carbonyl (C=O) groups is 1. The largest absolute Gasteiger partial charge is 0.481 e. The number of hydrogen-bond acceptors (Lipinski definition) is 3. The molecular weight excluding hydrogens is 453 g/mol. The Morgan fingerprint density at radius 1 is 1.06 bits per heavy atom. The molecule has 0 radical (unpaired) electrons. The van der Waals surface area contributed by atoms with Crippen LogP contribution < -0.4 is 4.90 Å². The summed E-state index contributed by atoms with van der Waals surface area (Å²) in [5.41, 5.74) is 6.71. The molecule has 1 aliphatic heterocycles. The number of carboxylic acids is 1. The van der Waals surface area contributed by atoms with E-state index in [1.54, 1.807) is 6.07 Å². The van der Waals surface area contributed by atoms with Crippen LogP contribution >= 0.6 is 0 Å². The van der Waals surface area contributed by atoms with Crippen molar-refractivity contribution < 1.29 is 14.3 Å². The average Bonchev–Trinajstić information content (AvgIpc) is 3.23. The van der Waals surface area contributed by atoms with Crippen molar-refractivity contribution in [3.8, 4) is 22.4 Å². The molecule has 0 aliphatic carbocycles. The van der Waals surface area contributed by atoms with Crippen LogP contribution in [0.3, 0.4) is 0 Å². The van der Waals surface area contributed by atoms with Crippen LogP contribution in [0.5, 0.6) is 0 Å². The minimum Gasteiger partial charge on any atom is -0.481 e. The molecule has 0 saturated carbocycles. The molecule has 36 heavy (non-hydrogen) atoms. The molecule has 2 aromatic carbocycles. The number of aryl methyl sites for hydroxylation is 2. The number of halogens is 1. The number of fused-ring (bicyclic) bond motifs is 1. The van der Waals surface area contributed by atoms with Crippen LogP contribution in [0.25, 0.3) is 28.0 Å². The first-order valence-electron chi connectivity index (χ1n) is 12.5. The molecule has 1 aliphatic rings. The van der Waals surface area contributed by atoms with Crippen molar-refractivity contribution in [2.24, 2.45) is 5.41 Å². The molecule has 1 fully saturated rings. The zero-order valence-electron chi connectivity index (χ0n) is 21.3. The lowest BCUT2D eigenvalue weighted by Crippen LogP contribution is -2.39. The summed E-state index contributed by atoms with van der Waals surface area (Å²) in [6, 6.07) is 15.0.